The molecule has 3 nitrogen and oxygen atoms in total. The first-order chi connectivity index (χ1) is 8.15. The van der Waals surface area contributed by atoms with E-state index in [1.54, 1.807) is 12.3 Å². The van der Waals surface area contributed by atoms with E-state index in [-0.39, 0.29) is 5.82 Å². The third-order valence-corrected chi connectivity index (χ3v) is 3.15. The lowest BCUT2D eigenvalue weighted by Gasteiger charge is -2.04. The van der Waals surface area contributed by atoms with Crippen molar-refractivity contribution in [1.29, 1.82) is 0 Å². The summed E-state index contributed by atoms with van der Waals surface area (Å²) in [6, 6.07) is 6.26. The highest BCUT2D eigenvalue weighted by molar-refractivity contribution is 7.98. The molecular formula is C12H12FN3S. The fourth-order valence-electron chi connectivity index (χ4n) is 1.33. The van der Waals surface area contributed by atoms with E-state index in [0.717, 1.165) is 11.3 Å². The van der Waals surface area contributed by atoms with E-state index in [1.807, 2.05) is 13.0 Å². The van der Waals surface area contributed by atoms with Crippen LogP contribution in [0.4, 0.5) is 10.1 Å². The van der Waals surface area contributed by atoms with Crippen LogP contribution in [0.25, 0.3) is 0 Å². The standard InChI is InChI=1S/C12H12FN3S/c1-8-4-5-15-12(16-8)17-7-9-2-3-10(13)6-11(9)14/h2-6H,7,14H2,1H3. The molecule has 0 aliphatic rings. The summed E-state index contributed by atoms with van der Waals surface area (Å²) in [4.78, 5) is 8.41. The molecule has 0 saturated heterocycles. The maximum atomic E-state index is 12.9. The molecule has 0 spiro atoms. The van der Waals surface area contributed by atoms with Gasteiger partial charge in [-0.2, -0.15) is 0 Å². The number of halogens is 1. The smallest absolute Gasteiger partial charge is 0.188 e. The molecule has 0 aliphatic heterocycles. The van der Waals surface area contributed by atoms with Crippen molar-refractivity contribution in [1.82, 2.24) is 9.97 Å². The SMILES string of the molecule is Cc1ccnc(SCc2ccc(F)cc2N)n1. The van der Waals surface area contributed by atoms with Crippen LogP contribution >= 0.6 is 11.8 Å². The van der Waals surface area contributed by atoms with Crippen LogP contribution in [-0.2, 0) is 5.75 Å². The second-order valence-electron chi connectivity index (χ2n) is 3.61. The molecular weight excluding hydrogens is 237 g/mol. The lowest BCUT2D eigenvalue weighted by atomic mass is 10.2. The van der Waals surface area contributed by atoms with Crippen molar-refractivity contribution in [2.75, 3.05) is 5.73 Å². The lowest BCUT2D eigenvalue weighted by molar-refractivity contribution is 0.628. The van der Waals surface area contributed by atoms with Gasteiger partial charge in [0.1, 0.15) is 5.82 Å². The van der Waals surface area contributed by atoms with Crippen molar-refractivity contribution in [3.8, 4) is 0 Å². The van der Waals surface area contributed by atoms with Gasteiger partial charge in [-0.3, -0.25) is 0 Å². The van der Waals surface area contributed by atoms with E-state index in [4.69, 9.17) is 5.73 Å². The predicted octanol–water partition coefficient (Wildman–Crippen LogP) is 2.80. The van der Waals surface area contributed by atoms with Crippen LogP contribution in [0.1, 0.15) is 11.3 Å². The van der Waals surface area contributed by atoms with Crippen LogP contribution in [0.15, 0.2) is 35.6 Å². The van der Waals surface area contributed by atoms with Crippen molar-refractivity contribution < 1.29 is 4.39 Å². The number of hydrogen-bond acceptors (Lipinski definition) is 4. The number of aryl methyl sites for hydroxylation is 1. The minimum absolute atomic E-state index is 0.317. The van der Waals surface area contributed by atoms with Crippen molar-refractivity contribution in [2.45, 2.75) is 17.8 Å². The predicted molar refractivity (Wildman–Crippen MR) is 67.1 cm³/mol. The molecule has 0 amide bonds. The zero-order valence-electron chi connectivity index (χ0n) is 9.35. The van der Waals surface area contributed by atoms with Crippen LogP contribution in [-0.4, -0.2) is 9.97 Å². The summed E-state index contributed by atoms with van der Waals surface area (Å²) < 4.78 is 12.9. The third-order valence-electron chi connectivity index (χ3n) is 2.24. The maximum absolute atomic E-state index is 12.9. The van der Waals surface area contributed by atoms with Crippen molar-refractivity contribution in [3.63, 3.8) is 0 Å². The first-order valence-corrected chi connectivity index (χ1v) is 6.10. The maximum Gasteiger partial charge on any atom is 0.188 e. The molecule has 5 heteroatoms. The zero-order valence-corrected chi connectivity index (χ0v) is 10.2. The van der Waals surface area contributed by atoms with E-state index >= 15 is 0 Å². The first kappa shape index (κ1) is 11.9. The minimum atomic E-state index is -0.317. The zero-order chi connectivity index (χ0) is 12.3. The quantitative estimate of drug-likeness (QED) is 0.516. The summed E-state index contributed by atoms with van der Waals surface area (Å²) in [7, 11) is 0. The van der Waals surface area contributed by atoms with Gasteiger partial charge in [0.15, 0.2) is 5.16 Å². The largest absolute Gasteiger partial charge is 0.398 e. The van der Waals surface area contributed by atoms with Gasteiger partial charge in [0.2, 0.25) is 0 Å². The summed E-state index contributed by atoms with van der Waals surface area (Å²) in [5.41, 5.74) is 8.00. The van der Waals surface area contributed by atoms with E-state index in [1.165, 1.54) is 23.9 Å². The molecule has 1 heterocycles. The van der Waals surface area contributed by atoms with Crippen LogP contribution < -0.4 is 5.73 Å². The summed E-state index contributed by atoms with van der Waals surface area (Å²) in [6.07, 6.45) is 1.72. The third kappa shape index (κ3) is 3.17. The van der Waals surface area contributed by atoms with Crippen molar-refractivity contribution >= 4 is 17.4 Å². The summed E-state index contributed by atoms with van der Waals surface area (Å²) in [5.74, 6) is 0.318. The van der Waals surface area contributed by atoms with Crippen LogP contribution in [0.5, 0.6) is 0 Å². The van der Waals surface area contributed by atoms with Gasteiger partial charge in [-0.1, -0.05) is 17.8 Å². The Labute approximate surface area is 103 Å². The fraction of sp³-hybridized carbons (Fsp3) is 0.167. The van der Waals surface area contributed by atoms with Gasteiger partial charge in [0.05, 0.1) is 0 Å². The Morgan fingerprint density at radius 3 is 2.88 bits per heavy atom. The summed E-state index contributed by atoms with van der Waals surface area (Å²) in [6.45, 7) is 1.91. The summed E-state index contributed by atoms with van der Waals surface area (Å²) in [5, 5.41) is 0.703. The Hall–Kier alpha value is -1.62. The van der Waals surface area contributed by atoms with Crippen LogP contribution in [0, 0.1) is 12.7 Å². The fourth-order valence-corrected chi connectivity index (χ4v) is 2.23. The Balaban J connectivity index is 2.07. The Morgan fingerprint density at radius 1 is 1.35 bits per heavy atom. The molecule has 17 heavy (non-hydrogen) atoms. The Bertz CT molecular complexity index is 531. The molecule has 2 N–H and O–H groups in total. The molecule has 1 aromatic carbocycles. The van der Waals surface area contributed by atoms with Crippen LogP contribution in [0.3, 0.4) is 0 Å². The molecule has 0 radical (unpaired) electrons. The molecule has 0 aliphatic carbocycles. The second kappa shape index (κ2) is 5.14. The van der Waals surface area contributed by atoms with Gasteiger partial charge in [-0.25, -0.2) is 14.4 Å². The number of hydrogen-bond donors (Lipinski definition) is 1. The van der Waals surface area contributed by atoms with Crippen LogP contribution in [0.2, 0.25) is 0 Å². The molecule has 0 bridgehead atoms. The molecule has 0 fully saturated rings. The molecule has 88 valence electrons. The van der Waals surface area contributed by atoms with Crippen molar-refractivity contribution in [3.05, 3.63) is 47.5 Å². The molecule has 0 unspecified atom stereocenters. The molecule has 2 aromatic rings. The number of nitrogens with zero attached hydrogens (tertiary/aromatic N) is 2. The number of thioether (sulfide) groups is 1. The van der Waals surface area contributed by atoms with E-state index < -0.39 is 0 Å². The first-order valence-electron chi connectivity index (χ1n) is 5.11. The van der Waals surface area contributed by atoms with E-state index in [9.17, 15) is 4.39 Å². The van der Waals surface area contributed by atoms with Gasteiger partial charge >= 0.3 is 0 Å². The minimum Gasteiger partial charge on any atom is -0.398 e. The second-order valence-corrected chi connectivity index (χ2v) is 4.55. The number of nitrogens with two attached hydrogens (primary N) is 1. The highest BCUT2D eigenvalue weighted by Gasteiger charge is 2.03. The Morgan fingerprint density at radius 2 is 2.18 bits per heavy atom. The lowest BCUT2D eigenvalue weighted by Crippen LogP contribution is -1.95. The number of anilines is 1. The number of nitrogen functional groups attached to an aromatic ring is 1. The number of benzene rings is 1. The average Bonchev–Trinajstić information content (AvgIpc) is 2.28. The highest BCUT2D eigenvalue weighted by atomic mass is 32.2. The van der Waals surface area contributed by atoms with Gasteiger partial charge in [-0.05, 0) is 30.7 Å². The van der Waals surface area contributed by atoms with E-state index in [0.29, 0.717) is 16.6 Å². The monoisotopic (exact) mass is 249 g/mol. The summed E-state index contributed by atoms with van der Waals surface area (Å²) >= 11 is 1.48. The van der Waals surface area contributed by atoms with Gasteiger partial charge < -0.3 is 5.73 Å². The van der Waals surface area contributed by atoms with Crippen molar-refractivity contribution in [2.24, 2.45) is 0 Å². The number of aromatic nitrogens is 2. The number of rotatable bonds is 3. The topological polar surface area (TPSA) is 51.8 Å². The van der Waals surface area contributed by atoms with Gasteiger partial charge in [-0.15, -0.1) is 0 Å². The average molecular weight is 249 g/mol. The molecule has 2 rings (SSSR count). The van der Waals surface area contributed by atoms with E-state index in [2.05, 4.69) is 9.97 Å². The van der Waals surface area contributed by atoms with Gasteiger partial charge in [0.25, 0.3) is 0 Å². The highest BCUT2D eigenvalue weighted by Crippen LogP contribution is 2.23. The van der Waals surface area contributed by atoms with Gasteiger partial charge in [0, 0.05) is 23.3 Å². The molecule has 1 aromatic heterocycles. The molecule has 0 atom stereocenters. The normalized spacial score (nSPS) is 10.5. The molecule has 0 saturated carbocycles. The Kier molecular flexibility index (Phi) is 3.58.